The second kappa shape index (κ2) is 6.07. The topological polar surface area (TPSA) is 52.6 Å². The molecule has 0 unspecified atom stereocenters. The van der Waals surface area contributed by atoms with Crippen LogP contribution in [-0.4, -0.2) is 25.2 Å². The Labute approximate surface area is 119 Å². The second-order valence-electron chi connectivity index (χ2n) is 5.04. The lowest BCUT2D eigenvalue weighted by atomic mass is 9.60. The van der Waals surface area contributed by atoms with E-state index in [0.29, 0.717) is 12.8 Å². The van der Waals surface area contributed by atoms with Crippen molar-refractivity contribution < 1.29 is 19.1 Å². The van der Waals surface area contributed by atoms with Crippen molar-refractivity contribution in [2.24, 2.45) is 5.41 Å². The molecule has 1 aromatic carbocycles. The molecule has 0 heterocycles. The van der Waals surface area contributed by atoms with Gasteiger partial charge in [0, 0.05) is 0 Å². The van der Waals surface area contributed by atoms with Crippen molar-refractivity contribution in [2.45, 2.75) is 32.6 Å². The molecule has 0 spiro atoms. The van der Waals surface area contributed by atoms with Gasteiger partial charge in [0.15, 0.2) is 5.41 Å². The fourth-order valence-electron chi connectivity index (χ4n) is 2.70. The molecule has 1 aromatic rings. The minimum absolute atomic E-state index is 0.213. The van der Waals surface area contributed by atoms with E-state index in [1.165, 1.54) is 0 Å². The second-order valence-corrected chi connectivity index (χ2v) is 5.04. The van der Waals surface area contributed by atoms with E-state index in [4.69, 9.17) is 9.47 Å². The maximum Gasteiger partial charge on any atom is 0.323 e. The van der Waals surface area contributed by atoms with Crippen LogP contribution in [-0.2, 0) is 19.1 Å². The van der Waals surface area contributed by atoms with Gasteiger partial charge in [-0.25, -0.2) is 0 Å². The summed E-state index contributed by atoms with van der Waals surface area (Å²) < 4.78 is 10.1. The molecule has 0 bridgehead atoms. The smallest absolute Gasteiger partial charge is 0.323 e. The van der Waals surface area contributed by atoms with E-state index >= 15 is 0 Å². The summed E-state index contributed by atoms with van der Waals surface area (Å²) in [6.45, 7) is 4.03. The molecule has 108 valence electrons. The van der Waals surface area contributed by atoms with Crippen molar-refractivity contribution in [1.29, 1.82) is 0 Å². The third-order valence-electron chi connectivity index (χ3n) is 3.79. The zero-order valence-corrected chi connectivity index (χ0v) is 11.9. The molecule has 1 saturated carbocycles. The first-order valence-electron chi connectivity index (χ1n) is 7.03. The number of esters is 2. The summed E-state index contributed by atoms with van der Waals surface area (Å²) in [6, 6.07) is 9.91. The normalized spacial score (nSPS) is 17.1. The van der Waals surface area contributed by atoms with Crippen molar-refractivity contribution in [3.05, 3.63) is 35.9 Å². The molecule has 1 fully saturated rings. The molecular weight excluding hydrogens is 256 g/mol. The summed E-state index contributed by atoms with van der Waals surface area (Å²) in [7, 11) is 0. The van der Waals surface area contributed by atoms with Crippen molar-refractivity contribution in [2.75, 3.05) is 13.2 Å². The standard InChI is InChI=1S/C16H20O4/c1-3-19-14(17)16(15(18)20-4-2)10-13(11-16)12-8-6-5-7-9-12/h5-9,13H,3-4,10-11H2,1-2H3. The largest absolute Gasteiger partial charge is 0.465 e. The van der Waals surface area contributed by atoms with Crippen LogP contribution in [0.2, 0.25) is 0 Å². The summed E-state index contributed by atoms with van der Waals surface area (Å²) in [4.78, 5) is 24.2. The van der Waals surface area contributed by atoms with Gasteiger partial charge >= 0.3 is 11.9 Å². The molecule has 1 aliphatic carbocycles. The molecule has 1 aliphatic rings. The Morgan fingerprint density at radius 1 is 1.05 bits per heavy atom. The van der Waals surface area contributed by atoms with E-state index < -0.39 is 17.4 Å². The van der Waals surface area contributed by atoms with Gasteiger partial charge in [0.1, 0.15) is 0 Å². The van der Waals surface area contributed by atoms with Crippen LogP contribution in [0.3, 0.4) is 0 Å². The van der Waals surface area contributed by atoms with Crippen LogP contribution in [0.1, 0.15) is 38.2 Å². The Bertz CT molecular complexity index is 455. The third kappa shape index (κ3) is 2.55. The molecule has 0 atom stereocenters. The average molecular weight is 276 g/mol. The molecule has 0 aromatic heterocycles. The van der Waals surface area contributed by atoms with Crippen LogP contribution in [0, 0.1) is 5.41 Å². The Morgan fingerprint density at radius 2 is 1.55 bits per heavy atom. The van der Waals surface area contributed by atoms with Crippen molar-refractivity contribution in [1.82, 2.24) is 0 Å². The molecule has 20 heavy (non-hydrogen) atoms. The number of benzene rings is 1. The number of rotatable bonds is 5. The Kier molecular flexibility index (Phi) is 4.42. The number of hydrogen-bond acceptors (Lipinski definition) is 4. The summed E-state index contributed by atoms with van der Waals surface area (Å²) in [6.07, 6.45) is 0.934. The predicted molar refractivity (Wildman–Crippen MR) is 74.1 cm³/mol. The minimum Gasteiger partial charge on any atom is -0.465 e. The fourth-order valence-corrected chi connectivity index (χ4v) is 2.70. The molecule has 2 rings (SSSR count). The lowest BCUT2D eigenvalue weighted by molar-refractivity contribution is -0.180. The van der Waals surface area contributed by atoms with Crippen LogP contribution in [0.15, 0.2) is 30.3 Å². The predicted octanol–water partition coefficient (Wildman–Crippen LogP) is 2.68. The lowest BCUT2D eigenvalue weighted by Crippen LogP contribution is -2.50. The highest BCUT2D eigenvalue weighted by Gasteiger charge is 2.58. The first-order chi connectivity index (χ1) is 9.64. The Balaban J connectivity index is 2.13. The van der Waals surface area contributed by atoms with E-state index in [1.807, 2.05) is 30.3 Å². The molecule has 0 aliphatic heterocycles. The van der Waals surface area contributed by atoms with Crippen LogP contribution in [0.4, 0.5) is 0 Å². The SMILES string of the molecule is CCOC(=O)C1(C(=O)OCC)CC(c2ccccc2)C1. The highest BCUT2D eigenvalue weighted by molar-refractivity contribution is 6.01. The van der Waals surface area contributed by atoms with Gasteiger partial charge in [-0.2, -0.15) is 0 Å². The van der Waals surface area contributed by atoms with E-state index in [9.17, 15) is 9.59 Å². The lowest BCUT2D eigenvalue weighted by Gasteiger charge is -2.43. The van der Waals surface area contributed by atoms with Crippen molar-refractivity contribution in [3.63, 3.8) is 0 Å². The Hall–Kier alpha value is -1.84. The van der Waals surface area contributed by atoms with Crippen molar-refractivity contribution in [3.8, 4) is 0 Å². The van der Waals surface area contributed by atoms with Gasteiger partial charge in [-0.1, -0.05) is 30.3 Å². The quantitative estimate of drug-likeness (QED) is 0.613. The maximum absolute atomic E-state index is 12.1. The van der Waals surface area contributed by atoms with E-state index in [2.05, 4.69) is 0 Å². The Morgan fingerprint density at radius 3 is 2.00 bits per heavy atom. The van der Waals surface area contributed by atoms with Crippen molar-refractivity contribution >= 4 is 11.9 Å². The summed E-state index contributed by atoms with van der Waals surface area (Å²) >= 11 is 0. The molecule has 0 amide bonds. The van der Waals surface area contributed by atoms with Gasteiger partial charge in [-0.3, -0.25) is 9.59 Å². The summed E-state index contributed by atoms with van der Waals surface area (Å²) in [5.41, 5.74) is 0.0451. The maximum atomic E-state index is 12.1. The third-order valence-corrected chi connectivity index (χ3v) is 3.79. The van der Waals surface area contributed by atoms with Crippen LogP contribution in [0.25, 0.3) is 0 Å². The number of carbonyl (C=O) groups is 2. The highest BCUT2D eigenvalue weighted by atomic mass is 16.6. The first-order valence-corrected chi connectivity index (χ1v) is 7.03. The van der Waals surface area contributed by atoms with Gasteiger partial charge in [0.05, 0.1) is 13.2 Å². The fraction of sp³-hybridized carbons (Fsp3) is 0.500. The highest BCUT2D eigenvalue weighted by Crippen LogP contribution is 2.52. The zero-order valence-electron chi connectivity index (χ0n) is 11.9. The van der Waals surface area contributed by atoms with E-state index in [0.717, 1.165) is 5.56 Å². The van der Waals surface area contributed by atoms with Gasteiger partial charge in [-0.15, -0.1) is 0 Å². The monoisotopic (exact) mass is 276 g/mol. The van der Waals surface area contributed by atoms with E-state index in [1.54, 1.807) is 13.8 Å². The minimum atomic E-state index is -1.10. The molecule has 0 saturated heterocycles. The zero-order chi connectivity index (χ0) is 14.6. The summed E-state index contributed by atoms with van der Waals surface area (Å²) in [5, 5.41) is 0. The molecule has 4 heteroatoms. The average Bonchev–Trinajstić information content (AvgIpc) is 2.39. The van der Waals surface area contributed by atoms with E-state index in [-0.39, 0.29) is 19.1 Å². The molecule has 4 nitrogen and oxygen atoms in total. The molecule has 0 radical (unpaired) electrons. The van der Waals surface area contributed by atoms with Crippen LogP contribution in [0.5, 0.6) is 0 Å². The molecule has 0 N–H and O–H groups in total. The number of hydrogen-bond donors (Lipinski definition) is 0. The first kappa shape index (κ1) is 14.6. The summed E-state index contributed by atoms with van der Waals surface area (Å²) in [5.74, 6) is -0.693. The number of ether oxygens (including phenoxy) is 2. The van der Waals surface area contributed by atoms with Gasteiger partial charge in [0.2, 0.25) is 0 Å². The van der Waals surface area contributed by atoms with Gasteiger partial charge in [0.25, 0.3) is 0 Å². The van der Waals surface area contributed by atoms with Crippen LogP contribution < -0.4 is 0 Å². The van der Waals surface area contributed by atoms with Gasteiger partial charge in [-0.05, 0) is 38.2 Å². The van der Waals surface area contributed by atoms with Crippen LogP contribution >= 0.6 is 0 Å². The van der Waals surface area contributed by atoms with Gasteiger partial charge < -0.3 is 9.47 Å². The molecular formula is C16H20O4. The number of carbonyl (C=O) groups excluding carboxylic acids is 2.